The molecule has 0 aliphatic carbocycles. The highest BCUT2D eigenvalue weighted by Gasteiger charge is 2.10. The molecule has 0 saturated carbocycles. The molecule has 0 bridgehead atoms. The van der Waals surface area contributed by atoms with Gasteiger partial charge in [0.25, 0.3) is 0 Å². The van der Waals surface area contributed by atoms with Crippen LogP contribution in [0.5, 0.6) is 0 Å². The highest BCUT2D eigenvalue weighted by Crippen LogP contribution is 1.89. The predicted molar refractivity (Wildman–Crippen MR) is 94.2 cm³/mol. The van der Waals surface area contributed by atoms with Gasteiger partial charge in [-0.2, -0.15) is 0 Å². The molecule has 0 aromatic heterocycles. The Balaban J connectivity index is 3.30. The molecule has 0 heterocycles. The first-order chi connectivity index (χ1) is 13.2. The van der Waals surface area contributed by atoms with Gasteiger partial charge in [-0.15, -0.1) is 0 Å². The van der Waals surface area contributed by atoms with Crippen LogP contribution in [-0.2, 0) is 28.4 Å². The van der Waals surface area contributed by atoms with Crippen molar-refractivity contribution in [3.63, 3.8) is 0 Å². The van der Waals surface area contributed by atoms with E-state index in [0.717, 1.165) is 0 Å². The summed E-state index contributed by atoms with van der Waals surface area (Å²) in [6, 6.07) is 0. The summed E-state index contributed by atoms with van der Waals surface area (Å²) in [5, 5.41) is 38.9. The van der Waals surface area contributed by atoms with E-state index in [-0.39, 0.29) is 39.6 Å². The van der Waals surface area contributed by atoms with E-state index in [9.17, 15) is 10.2 Å². The van der Waals surface area contributed by atoms with Gasteiger partial charge in [0.2, 0.25) is 0 Å². The number of aliphatic hydroxyl groups excluding tert-OH is 4. The standard InChI is InChI=1S/C16H35NO10/c18-1-3-22-5-7-24-9-11-26-13-15(20)17-16(21)14-27-12-10-25-8-6-23-4-2-19/h15-21H,1-14H2. The minimum atomic E-state index is -1.03. The van der Waals surface area contributed by atoms with Crippen LogP contribution in [0.1, 0.15) is 0 Å². The van der Waals surface area contributed by atoms with Gasteiger partial charge in [-0.25, -0.2) is 0 Å². The Hall–Kier alpha value is -0.440. The lowest BCUT2D eigenvalue weighted by molar-refractivity contribution is -0.0608. The van der Waals surface area contributed by atoms with Gasteiger partial charge in [-0.05, 0) is 0 Å². The van der Waals surface area contributed by atoms with Crippen LogP contribution in [0.2, 0.25) is 0 Å². The zero-order chi connectivity index (χ0) is 20.0. The smallest absolute Gasteiger partial charge is 0.130 e. The third-order valence-corrected chi connectivity index (χ3v) is 2.90. The maximum Gasteiger partial charge on any atom is 0.130 e. The van der Waals surface area contributed by atoms with Crippen molar-refractivity contribution in [1.82, 2.24) is 5.32 Å². The molecule has 0 fully saturated rings. The summed E-state index contributed by atoms with van der Waals surface area (Å²) in [4.78, 5) is 0. The number of aliphatic hydroxyl groups is 4. The van der Waals surface area contributed by atoms with E-state index in [1.165, 1.54) is 0 Å². The van der Waals surface area contributed by atoms with Crippen LogP contribution >= 0.6 is 0 Å². The summed E-state index contributed by atoms with van der Waals surface area (Å²) in [5.41, 5.74) is 0. The lowest BCUT2D eigenvalue weighted by Gasteiger charge is -2.18. The molecule has 0 radical (unpaired) electrons. The Morgan fingerprint density at radius 3 is 1.11 bits per heavy atom. The van der Waals surface area contributed by atoms with E-state index in [2.05, 4.69) is 5.32 Å². The van der Waals surface area contributed by atoms with Crippen LogP contribution in [0.3, 0.4) is 0 Å². The Bertz CT molecular complexity index is 262. The van der Waals surface area contributed by atoms with Gasteiger partial charge < -0.3 is 48.8 Å². The third kappa shape index (κ3) is 21.7. The van der Waals surface area contributed by atoms with Crippen molar-refractivity contribution in [3.05, 3.63) is 0 Å². The summed E-state index contributed by atoms with van der Waals surface area (Å²) < 4.78 is 30.9. The van der Waals surface area contributed by atoms with Crippen LogP contribution < -0.4 is 5.32 Å². The Morgan fingerprint density at radius 1 is 0.481 bits per heavy atom. The second kappa shape index (κ2) is 21.9. The predicted octanol–water partition coefficient (Wildman–Crippen LogP) is -2.70. The topological polar surface area (TPSA) is 148 Å². The molecule has 0 rings (SSSR count). The van der Waals surface area contributed by atoms with Gasteiger partial charge >= 0.3 is 0 Å². The molecule has 0 saturated heterocycles. The molecule has 2 atom stereocenters. The SMILES string of the molecule is OCCOCCOCCOCC(O)NC(O)COCCOCCOCCO. The normalized spacial score (nSPS) is 13.8. The van der Waals surface area contributed by atoms with Crippen LogP contribution in [0.4, 0.5) is 0 Å². The molecule has 0 aromatic carbocycles. The van der Waals surface area contributed by atoms with Crippen molar-refractivity contribution < 1.29 is 48.8 Å². The van der Waals surface area contributed by atoms with Crippen molar-refractivity contribution in [2.24, 2.45) is 0 Å². The zero-order valence-corrected chi connectivity index (χ0v) is 15.8. The van der Waals surface area contributed by atoms with Crippen molar-refractivity contribution >= 4 is 0 Å². The van der Waals surface area contributed by atoms with Crippen LogP contribution in [0.25, 0.3) is 0 Å². The highest BCUT2D eigenvalue weighted by molar-refractivity contribution is 4.56. The monoisotopic (exact) mass is 401 g/mol. The third-order valence-electron chi connectivity index (χ3n) is 2.90. The maximum atomic E-state index is 9.67. The van der Waals surface area contributed by atoms with Crippen LogP contribution in [0, 0.1) is 0 Å². The summed E-state index contributed by atoms with van der Waals surface area (Å²) >= 11 is 0. The molecular formula is C16H35NO10. The second-order valence-electron chi connectivity index (χ2n) is 5.24. The molecule has 11 heteroatoms. The molecule has 5 N–H and O–H groups in total. The highest BCUT2D eigenvalue weighted by atomic mass is 16.6. The lowest BCUT2D eigenvalue weighted by Crippen LogP contribution is -2.43. The van der Waals surface area contributed by atoms with E-state index < -0.39 is 12.5 Å². The molecule has 27 heavy (non-hydrogen) atoms. The molecule has 11 nitrogen and oxygen atoms in total. The summed E-state index contributed by atoms with van der Waals surface area (Å²) in [7, 11) is 0. The fourth-order valence-corrected chi connectivity index (χ4v) is 1.72. The Labute approximate surface area is 160 Å². The largest absolute Gasteiger partial charge is 0.394 e. The molecule has 0 aromatic rings. The van der Waals surface area contributed by atoms with Gasteiger partial charge in [-0.3, -0.25) is 5.32 Å². The minimum absolute atomic E-state index is 0.00160. The van der Waals surface area contributed by atoms with Crippen LogP contribution in [-0.4, -0.2) is 125 Å². The van der Waals surface area contributed by atoms with E-state index >= 15 is 0 Å². The maximum absolute atomic E-state index is 9.67. The molecular weight excluding hydrogens is 366 g/mol. The molecule has 164 valence electrons. The van der Waals surface area contributed by atoms with Crippen molar-refractivity contribution in [3.8, 4) is 0 Å². The summed E-state index contributed by atoms with van der Waals surface area (Å²) in [5.74, 6) is 0. The van der Waals surface area contributed by atoms with Gasteiger partial charge in [0.05, 0.1) is 92.5 Å². The summed E-state index contributed by atoms with van der Waals surface area (Å²) in [6.07, 6.45) is -2.06. The Morgan fingerprint density at radius 2 is 0.778 bits per heavy atom. The number of ether oxygens (including phenoxy) is 6. The van der Waals surface area contributed by atoms with Gasteiger partial charge in [-0.1, -0.05) is 0 Å². The molecule has 0 amide bonds. The Kier molecular flexibility index (Phi) is 21.5. The van der Waals surface area contributed by atoms with Crippen molar-refractivity contribution in [1.29, 1.82) is 0 Å². The van der Waals surface area contributed by atoms with Crippen molar-refractivity contribution in [2.75, 3.05) is 92.5 Å². The fraction of sp³-hybridized carbons (Fsp3) is 1.00. The molecule has 0 spiro atoms. The first kappa shape index (κ1) is 26.6. The number of rotatable bonds is 22. The van der Waals surface area contributed by atoms with Crippen LogP contribution in [0.15, 0.2) is 0 Å². The number of nitrogens with one attached hydrogen (secondary N) is 1. The average Bonchev–Trinajstić information content (AvgIpc) is 2.65. The molecule has 2 unspecified atom stereocenters. The number of hydrogen-bond acceptors (Lipinski definition) is 11. The second-order valence-corrected chi connectivity index (χ2v) is 5.24. The van der Waals surface area contributed by atoms with E-state index in [1.807, 2.05) is 0 Å². The van der Waals surface area contributed by atoms with Crippen molar-refractivity contribution in [2.45, 2.75) is 12.5 Å². The van der Waals surface area contributed by atoms with E-state index in [0.29, 0.717) is 52.9 Å². The van der Waals surface area contributed by atoms with E-state index in [1.54, 1.807) is 0 Å². The first-order valence-electron chi connectivity index (χ1n) is 9.01. The first-order valence-corrected chi connectivity index (χ1v) is 9.01. The average molecular weight is 401 g/mol. The van der Waals surface area contributed by atoms with Gasteiger partial charge in [0.1, 0.15) is 12.5 Å². The lowest BCUT2D eigenvalue weighted by atomic mass is 10.5. The van der Waals surface area contributed by atoms with Gasteiger partial charge in [0.15, 0.2) is 0 Å². The summed E-state index contributed by atoms with van der Waals surface area (Å²) in [6.45, 7) is 3.46. The quantitative estimate of drug-likeness (QED) is 0.0953. The minimum Gasteiger partial charge on any atom is -0.394 e. The van der Waals surface area contributed by atoms with E-state index in [4.69, 9.17) is 38.6 Å². The fourth-order valence-electron chi connectivity index (χ4n) is 1.72. The molecule has 0 aliphatic heterocycles. The molecule has 0 aliphatic rings. The van der Waals surface area contributed by atoms with Gasteiger partial charge in [0, 0.05) is 0 Å². The number of hydrogen-bond donors (Lipinski definition) is 5. The zero-order valence-electron chi connectivity index (χ0n) is 15.8.